The molecule has 0 radical (unpaired) electrons. The smallest absolute Gasteiger partial charge is 0.414 e. The minimum Gasteiger partial charge on any atom is -0.506 e. The van der Waals surface area contributed by atoms with Gasteiger partial charge in [0, 0.05) is 6.92 Å². The molecule has 1 aromatic rings. The third kappa shape index (κ3) is 3.11. The number of aromatic nitrogens is 1. The van der Waals surface area contributed by atoms with Crippen molar-refractivity contribution in [3.8, 4) is 5.75 Å². The number of alkyl halides is 3. The predicted octanol–water partition coefficient (Wildman–Crippen LogP) is 1.53. The minimum atomic E-state index is -4.63. The van der Waals surface area contributed by atoms with Crippen molar-refractivity contribution >= 4 is 5.91 Å². The molecule has 16 heavy (non-hydrogen) atoms. The van der Waals surface area contributed by atoms with E-state index in [-0.39, 0.29) is 11.4 Å². The lowest BCUT2D eigenvalue weighted by molar-refractivity contribution is -0.163. The number of nitrogens with one attached hydrogen (secondary N) is 1. The van der Waals surface area contributed by atoms with Crippen LogP contribution < -0.4 is 5.32 Å². The van der Waals surface area contributed by atoms with Crippen molar-refractivity contribution in [2.75, 3.05) is 0 Å². The summed E-state index contributed by atoms with van der Waals surface area (Å²) in [6.45, 7) is 0.985. The van der Waals surface area contributed by atoms with E-state index >= 15 is 0 Å². The summed E-state index contributed by atoms with van der Waals surface area (Å²) in [5.41, 5.74) is -0.375. The molecule has 0 aliphatic rings. The van der Waals surface area contributed by atoms with Crippen LogP contribution in [0, 0.1) is 0 Å². The molecule has 1 atom stereocenters. The fourth-order valence-corrected chi connectivity index (χ4v) is 1.09. The Balaban J connectivity index is 3.01. The molecular weight excluding hydrogens is 225 g/mol. The van der Waals surface area contributed by atoms with E-state index in [1.165, 1.54) is 0 Å². The fraction of sp³-hybridized carbons (Fsp3) is 0.333. The summed E-state index contributed by atoms with van der Waals surface area (Å²) in [6.07, 6.45) is -3.74. The molecule has 88 valence electrons. The normalized spacial score (nSPS) is 13.2. The molecule has 0 aliphatic heterocycles. The Morgan fingerprint density at radius 2 is 2.12 bits per heavy atom. The predicted molar refractivity (Wildman–Crippen MR) is 48.5 cm³/mol. The first-order valence-electron chi connectivity index (χ1n) is 4.29. The molecule has 7 heteroatoms. The van der Waals surface area contributed by atoms with Crippen LogP contribution in [0.15, 0.2) is 18.3 Å². The number of hydrogen-bond donors (Lipinski definition) is 2. The topological polar surface area (TPSA) is 62.2 Å². The van der Waals surface area contributed by atoms with E-state index in [0.717, 1.165) is 25.3 Å². The first kappa shape index (κ1) is 12.3. The summed E-state index contributed by atoms with van der Waals surface area (Å²) in [4.78, 5) is 14.1. The monoisotopic (exact) mass is 234 g/mol. The van der Waals surface area contributed by atoms with Crippen molar-refractivity contribution < 1.29 is 23.1 Å². The van der Waals surface area contributed by atoms with Crippen LogP contribution in [0.2, 0.25) is 0 Å². The van der Waals surface area contributed by atoms with E-state index in [2.05, 4.69) is 4.98 Å². The second-order valence-electron chi connectivity index (χ2n) is 3.12. The number of hydrogen-bond acceptors (Lipinski definition) is 3. The van der Waals surface area contributed by atoms with E-state index < -0.39 is 18.1 Å². The maximum Gasteiger partial charge on any atom is 0.414 e. The van der Waals surface area contributed by atoms with E-state index in [1.54, 1.807) is 5.32 Å². The number of carbonyl (C=O) groups is 1. The number of carbonyl (C=O) groups excluding carboxylic acids is 1. The highest BCUT2D eigenvalue weighted by molar-refractivity contribution is 5.73. The molecule has 4 nitrogen and oxygen atoms in total. The number of aromatic hydroxyl groups is 1. The summed E-state index contributed by atoms with van der Waals surface area (Å²) in [5, 5.41) is 10.6. The van der Waals surface area contributed by atoms with Gasteiger partial charge >= 0.3 is 6.18 Å². The zero-order valence-corrected chi connectivity index (χ0v) is 8.25. The fourth-order valence-electron chi connectivity index (χ4n) is 1.09. The van der Waals surface area contributed by atoms with Crippen LogP contribution in [0.25, 0.3) is 0 Å². The van der Waals surface area contributed by atoms with Crippen LogP contribution in [-0.4, -0.2) is 22.2 Å². The molecule has 0 aromatic carbocycles. The summed E-state index contributed by atoms with van der Waals surface area (Å²) in [6, 6.07) is -0.0858. The Morgan fingerprint density at radius 1 is 1.50 bits per heavy atom. The Labute approximate surface area is 89.1 Å². The lowest BCUT2D eigenvalue weighted by atomic mass is 10.1. The molecule has 2 N–H and O–H groups in total. The molecule has 0 bridgehead atoms. The molecule has 0 aliphatic carbocycles. The van der Waals surface area contributed by atoms with Crippen molar-refractivity contribution in [2.24, 2.45) is 0 Å². The quantitative estimate of drug-likeness (QED) is 0.815. The summed E-state index contributed by atoms with van der Waals surface area (Å²) >= 11 is 0. The van der Waals surface area contributed by atoms with Gasteiger partial charge in [-0.1, -0.05) is 0 Å². The van der Waals surface area contributed by atoms with Crippen molar-refractivity contribution in [3.05, 3.63) is 24.0 Å². The molecule has 1 amide bonds. The molecule has 0 spiro atoms. The Morgan fingerprint density at radius 3 is 2.50 bits per heavy atom. The summed E-state index contributed by atoms with van der Waals surface area (Å²) in [7, 11) is 0. The highest BCUT2D eigenvalue weighted by atomic mass is 19.4. The zero-order chi connectivity index (χ0) is 12.3. The molecule has 0 unspecified atom stereocenters. The van der Waals surface area contributed by atoms with E-state index in [9.17, 15) is 18.0 Å². The van der Waals surface area contributed by atoms with Gasteiger partial charge in [-0.2, -0.15) is 13.2 Å². The van der Waals surface area contributed by atoms with Gasteiger partial charge in [0.1, 0.15) is 5.75 Å². The average molecular weight is 234 g/mol. The van der Waals surface area contributed by atoms with Crippen LogP contribution in [-0.2, 0) is 4.79 Å². The SMILES string of the molecule is CC(=O)N[C@@H](c1ccc(O)cn1)C(F)(F)F. The first-order chi connectivity index (χ1) is 7.30. The number of amides is 1. The average Bonchev–Trinajstić information content (AvgIpc) is 2.14. The van der Waals surface area contributed by atoms with Gasteiger partial charge in [0.25, 0.3) is 0 Å². The zero-order valence-electron chi connectivity index (χ0n) is 8.25. The minimum absolute atomic E-state index is 0.243. The van der Waals surface area contributed by atoms with Crippen LogP contribution in [0.4, 0.5) is 13.2 Å². The lowest BCUT2D eigenvalue weighted by Crippen LogP contribution is -2.37. The Hall–Kier alpha value is -1.79. The van der Waals surface area contributed by atoms with Gasteiger partial charge < -0.3 is 10.4 Å². The molecule has 1 aromatic heterocycles. The Kier molecular flexibility index (Phi) is 3.36. The molecular formula is C9H9F3N2O2. The van der Waals surface area contributed by atoms with E-state index in [4.69, 9.17) is 5.11 Å². The van der Waals surface area contributed by atoms with Gasteiger partial charge in [0.15, 0.2) is 6.04 Å². The van der Waals surface area contributed by atoms with Gasteiger partial charge in [0.05, 0.1) is 11.9 Å². The van der Waals surface area contributed by atoms with Crippen molar-refractivity contribution in [3.63, 3.8) is 0 Å². The third-order valence-electron chi connectivity index (χ3n) is 1.74. The van der Waals surface area contributed by atoms with Crippen LogP contribution in [0.5, 0.6) is 5.75 Å². The van der Waals surface area contributed by atoms with Crippen LogP contribution in [0.3, 0.4) is 0 Å². The molecule has 1 rings (SSSR count). The second kappa shape index (κ2) is 4.38. The highest BCUT2D eigenvalue weighted by Crippen LogP contribution is 2.31. The van der Waals surface area contributed by atoms with Crippen LogP contribution >= 0.6 is 0 Å². The standard InChI is InChI=1S/C9H9F3N2O2/c1-5(15)14-8(9(10,11)12)7-3-2-6(16)4-13-7/h2-4,8,16H,1H3,(H,14,15)/t8-/m0/s1. The lowest BCUT2D eigenvalue weighted by Gasteiger charge is -2.20. The number of pyridine rings is 1. The first-order valence-corrected chi connectivity index (χ1v) is 4.29. The number of halogens is 3. The largest absolute Gasteiger partial charge is 0.506 e. The summed E-state index contributed by atoms with van der Waals surface area (Å²) in [5.74, 6) is -1.05. The third-order valence-corrected chi connectivity index (χ3v) is 1.74. The Bertz CT molecular complexity index is 375. The van der Waals surface area contributed by atoms with Gasteiger partial charge in [-0.05, 0) is 12.1 Å². The number of nitrogens with zero attached hydrogens (tertiary/aromatic N) is 1. The number of rotatable bonds is 2. The molecule has 0 saturated carbocycles. The van der Waals surface area contributed by atoms with Gasteiger partial charge in [-0.15, -0.1) is 0 Å². The van der Waals surface area contributed by atoms with E-state index in [1.807, 2.05) is 0 Å². The van der Waals surface area contributed by atoms with Gasteiger partial charge in [0.2, 0.25) is 5.91 Å². The summed E-state index contributed by atoms with van der Waals surface area (Å²) < 4.78 is 37.6. The van der Waals surface area contributed by atoms with Crippen LogP contribution in [0.1, 0.15) is 18.7 Å². The van der Waals surface area contributed by atoms with Crippen molar-refractivity contribution in [1.29, 1.82) is 0 Å². The van der Waals surface area contributed by atoms with Gasteiger partial charge in [-0.3, -0.25) is 9.78 Å². The molecule has 0 saturated heterocycles. The van der Waals surface area contributed by atoms with Crippen molar-refractivity contribution in [1.82, 2.24) is 10.3 Å². The van der Waals surface area contributed by atoms with E-state index in [0.29, 0.717) is 0 Å². The van der Waals surface area contributed by atoms with Gasteiger partial charge in [-0.25, -0.2) is 0 Å². The molecule has 0 fully saturated rings. The molecule has 1 heterocycles. The maximum atomic E-state index is 12.5. The second-order valence-corrected chi connectivity index (χ2v) is 3.12. The highest BCUT2D eigenvalue weighted by Gasteiger charge is 2.42. The maximum absolute atomic E-state index is 12.5. The van der Waals surface area contributed by atoms with Crippen molar-refractivity contribution in [2.45, 2.75) is 19.1 Å².